The van der Waals surface area contributed by atoms with Crippen LogP contribution in [0.25, 0.3) is 0 Å². The van der Waals surface area contributed by atoms with Gasteiger partial charge in [-0.1, -0.05) is 17.7 Å². The Kier molecular flexibility index (Phi) is 5.19. The molecular formula is C17H24N2O3. The molecule has 1 heterocycles. The standard InChI is InChI=1S/C17H24N2O3/c1-12(2)22-14(4)17(21)18-9-10-19(16(20)11-18)15-7-5-13(3)6-8-15/h5-8,12,14H,9-11H2,1-4H3/t14-/m1/s1. The first-order chi connectivity index (χ1) is 10.4. The molecule has 0 saturated carbocycles. The highest BCUT2D eigenvalue weighted by Crippen LogP contribution is 2.18. The number of nitrogens with zero attached hydrogens (tertiary/aromatic N) is 2. The summed E-state index contributed by atoms with van der Waals surface area (Å²) in [5, 5.41) is 0. The molecule has 1 aromatic carbocycles. The number of carbonyl (C=O) groups excluding carboxylic acids is 2. The Morgan fingerprint density at radius 1 is 1.14 bits per heavy atom. The Labute approximate surface area is 131 Å². The number of benzene rings is 1. The van der Waals surface area contributed by atoms with Gasteiger partial charge in [-0.3, -0.25) is 9.59 Å². The molecule has 1 atom stereocenters. The smallest absolute Gasteiger partial charge is 0.251 e. The maximum Gasteiger partial charge on any atom is 0.251 e. The summed E-state index contributed by atoms with van der Waals surface area (Å²) in [5.74, 6) is -0.175. The zero-order chi connectivity index (χ0) is 16.3. The SMILES string of the molecule is Cc1ccc(N2CCN(C(=O)[C@@H](C)OC(C)C)CC2=O)cc1. The first-order valence-corrected chi connectivity index (χ1v) is 7.69. The molecule has 0 bridgehead atoms. The van der Waals surface area contributed by atoms with Crippen LogP contribution in [0.5, 0.6) is 0 Å². The zero-order valence-electron chi connectivity index (χ0n) is 13.7. The van der Waals surface area contributed by atoms with Gasteiger partial charge in [-0.05, 0) is 39.8 Å². The minimum absolute atomic E-state index is 0.0106. The second-order valence-electron chi connectivity index (χ2n) is 5.97. The largest absolute Gasteiger partial charge is 0.366 e. The van der Waals surface area contributed by atoms with E-state index in [0.717, 1.165) is 11.3 Å². The van der Waals surface area contributed by atoms with E-state index in [9.17, 15) is 9.59 Å². The van der Waals surface area contributed by atoms with E-state index in [0.29, 0.717) is 13.1 Å². The van der Waals surface area contributed by atoms with E-state index in [2.05, 4.69) is 0 Å². The number of carbonyl (C=O) groups is 2. The fourth-order valence-electron chi connectivity index (χ4n) is 2.58. The van der Waals surface area contributed by atoms with Gasteiger partial charge in [-0.15, -0.1) is 0 Å². The number of amides is 2. The zero-order valence-corrected chi connectivity index (χ0v) is 13.7. The number of hydrogen-bond acceptors (Lipinski definition) is 3. The molecule has 0 radical (unpaired) electrons. The van der Waals surface area contributed by atoms with Gasteiger partial charge in [0.15, 0.2) is 0 Å². The third-order valence-corrected chi connectivity index (χ3v) is 3.70. The monoisotopic (exact) mass is 304 g/mol. The fraction of sp³-hybridized carbons (Fsp3) is 0.529. The number of rotatable bonds is 4. The van der Waals surface area contributed by atoms with Gasteiger partial charge in [0.1, 0.15) is 12.6 Å². The molecule has 5 heteroatoms. The summed E-state index contributed by atoms with van der Waals surface area (Å²) >= 11 is 0. The summed E-state index contributed by atoms with van der Waals surface area (Å²) in [6.45, 7) is 8.69. The van der Waals surface area contributed by atoms with Crippen molar-refractivity contribution < 1.29 is 14.3 Å². The van der Waals surface area contributed by atoms with Gasteiger partial charge < -0.3 is 14.5 Å². The predicted molar refractivity (Wildman–Crippen MR) is 85.8 cm³/mol. The topological polar surface area (TPSA) is 49.9 Å². The molecule has 1 saturated heterocycles. The van der Waals surface area contributed by atoms with Crippen molar-refractivity contribution in [3.8, 4) is 0 Å². The lowest BCUT2D eigenvalue weighted by Crippen LogP contribution is -2.54. The summed E-state index contributed by atoms with van der Waals surface area (Å²) in [6, 6.07) is 7.85. The van der Waals surface area contributed by atoms with Gasteiger partial charge >= 0.3 is 0 Å². The van der Waals surface area contributed by atoms with E-state index in [4.69, 9.17) is 4.74 Å². The van der Waals surface area contributed by atoms with Crippen molar-refractivity contribution in [1.82, 2.24) is 4.90 Å². The maximum absolute atomic E-state index is 12.3. The summed E-state index contributed by atoms with van der Waals surface area (Å²) in [7, 11) is 0. The summed E-state index contributed by atoms with van der Waals surface area (Å²) in [5.41, 5.74) is 2.04. The minimum Gasteiger partial charge on any atom is -0.366 e. The van der Waals surface area contributed by atoms with Crippen LogP contribution in [-0.4, -0.2) is 48.6 Å². The van der Waals surface area contributed by atoms with Crippen LogP contribution in [0.2, 0.25) is 0 Å². The molecule has 2 rings (SSSR count). The predicted octanol–water partition coefficient (Wildman–Crippen LogP) is 1.98. The number of aryl methyl sites for hydroxylation is 1. The highest BCUT2D eigenvalue weighted by atomic mass is 16.5. The van der Waals surface area contributed by atoms with Crippen LogP contribution >= 0.6 is 0 Å². The lowest BCUT2D eigenvalue weighted by molar-refractivity contribution is -0.148. The lowest BCUT2D eigenvalue weighted by atomic mass is 10.2. The van der Waals surface area contributed by atoms with Crippen LogP contribution in [-0.2, 0) is 14.3 Å². The van der Waals surface area contributed by atoms with Crippen LogP contribution in [0.3, 0.4) is 0 Å². The van der Waals surface area contributed by atoms with Gasteiger partial charge in [0.25, 0.3) is 5.91 Å². The van der Waals surface area contributed by atoms with E-state index in [-0.39, 0.29) is 24.5 Å². The Bertz CT molecular complexity index is 539. The number of hydrogen-bond donors (Lipinski definition) is 0. The molecule has 1 fully saturated rings. The third-order valence-electron chi connectivity index (χ3n) is 3.70. The van der Waals surface area contributed by atoms with E-state index in [1.54, 1.807) is 16.7 Å². The van der Waals surface area contributed by atoms with Crippen LogP contribution in [0.4, 0.5) is 5.69 Å². The molecule has 120 valence electrons. The molecule has 0 unspecified atom stereocenters. The number of ether oxygens (including phenoxy) is 1. The number of anilines is 1. The quantitative estimate of drug-likeness (QED) is 0.854. The average Bonchev–Trinajstić information content (AvgIpc) is 2.47. The van der Waals surface area contributed by atoms with Crippen LogP contribution in [0, 0.1) is 6.92 Å². The average molecular weight is 304 g/mol. The van der Waals surface area contributed by atoms with E-state index in [1.807, 2.05) is 45.0 Å². The molecule has 0 aliphatic carbocycles. The first-order valence-electron chi connectivity index (χ1n) is 7.69. The minimum atomic E-state index is -0.515. The molecular weight excluding hydrogens is 280 g/mol. The van der Waals surface area contributed by atoms with Gasteiger partial charge in [0, 0.05) is 18.8 Å². The van der Waals surface area contributed by atoms with Crippen molar-refractivity contribution in [2.75, 3.05) is 24.5 Å². The van der Waals surface area contributed by atoms with Crippen LogP contribution in [0.1, 0.15) is 26.3 Å². The molecule has 1 aromatic rings. The van der Waals surface area contributed by atoms with Crippen molar-refractivity contribution in [2.45, 2.75) is 39.9 Å². The fourth-order valence-corrected chi connectivity index (χ4v) is 2.58. The number of piperazine rings is 1. The highest BCUT2D eigenvalue weighted by Gasteiger charge is 2.30. The molecule has 0 N–H and O–H groups in total. The first kappa shape index (κ1) is 16.5. The Hall–Kier alpha value is -1.88. The second-order valence-corrected chi connectivity index (χ2v) is 5.97. The van der Waals surface area contributed by atoms with Crippen LogP contribution in [0.15, 0.2) is 24.3 Å². The molecule has 5 nitrogen and oxygen atoms in total. The Morgan fingerprint density at radius 2 is 1.77 bits per heavy atom. The Morgan fingerprint density at radius 3 is 2.32 bits per heavy atom. The molecule has 1 aliphatic heterocycles. The highest BCUT2D eigenvalue weighted by molar-refractivity contribution is 5.98. The van der Waals surface area contributed by atoms with Gasteiger partial charge in [-0.25, -0.2) is 0 Å². The Balaban J connectivity index is 1.99. The van der Waals surface area contributed by atoms with Crippen molar-refractivity contribution in [3.05, 3.63) is 29.8 Å². The molecule has 1 aliphatic rings. The van der Waals surface area contributed by atoms with E-state index < -0.39 is 6.10 Å². The normalized spacial score (nSPS) is 17.0. The molecule has 22 heavy (non-hydrogen) atoms. The summed E-state index contributed by atoms with van der Waals surface area (Å²) in [4.78, 5) is 27.9. The van der Waals surface area contributed by atoms with E-state index in [1.165, 1.54) is 0 Å². The van der Waals surface area contributed by atoms with Crippen molar-refractivity contribution in [3.63, 3.8) is 0 Å². The molecule has 2 amide bonds. The van der Waals surface area contributed by atoms with Gasteiger partial charge in [-0.2, -0.15) is 0 Å². The van der Waals surface area contributed by atoms with E-state index >= 15 is 0 Å². The van der Waals surface area contributed by atoms with Crippen molar-refractivity contribution >= 4 is 17.5 Å². The van der Waals surface area contributed by atoms with Crippen molar-refractivity contribution in [1.29, 1.82) is 0 Å². The third kappa shape index (κ3) is 3.85. The van der Waals surface area contributed by atoms with Crippen molar-refractivity contribution in [2.24, 2.45) is 0 Å². The molecule has 0 aromatic heterocycles. The molecule has 0 spiro atoms. The summed E-state index contributed by atoms with van der Waals surface area (Å²) < 4.78 is 5.51. The lowest BCUT2D eigenvalue weighted by Gasteiger charge is -2.35. The van der Waals surface area contributed by atoms with Gasteiger partial charge in [0.05, 0.1) is 6.10 Å². The maximum atomic E-state index is 12.3. The van der Waals surface area contributed by atoms with Gasteiger partial charge in [0.2, 0.25) is 5.91 Å². The summed E-state index contributed by atoms with van der Waals surface area (Å²) in [6.07, 6.45) is -0.526. The van der Waals surface area contributed by atoms with Crippen LogP contribution < -0.4 is 4.90 Å². The second kappa shape index (κ2) is 6.92.